The second kappa shape index (κ2) is 10.1. The van der Waals surface area contributed by atoms with E-state index in [-0.39, 0.29) is 18.6 Å². The third-order valence-corrected chi connectivity index (χ3v) is 2.62. The summed E-state index contributed by atoms with van der Waals surface area (Å²) in [6, 6.07) is 0. The third kappa shape index (κ3) is 8.99. The summed E-state index contributed by atoms with van der Waals surface area (Å²) in [6.45, 7) is 9.78. The van der Waals surface area contributed by atoms with Crippen LogP contribution < -0.4 is 0 Å². The topological polar surface area (TPSA) is 93.1 Å². The molecule has 21 heavy (non-hydrogen) atoms. The number of hydrogen-bond donors (Lipinski definition) is 2. The molecule has 0 aromatic heterocycles. The average Bonchev–Trinajstić information content (AvgIpc) is 2.42. The summed E-state index contributed by atoms with van der Waals surface area (Å²) in [5, 5.41) is 18.3. The van der Waals surface area contributed by atoms with Crippen LogP contribution in [0.15, 0.2) is 24.3 Å². The molecule has 0 heterocycles. The standard InChI is InChI=1S/C15H24O6/c1-10(2)14(18)20-7-5-6-13(8-12(17)9-16)21-15(19)11(3)4/h12-13,16-17H,1,3,5-9H2,2,4H3. The molecule has 0 aliphatic carbocycles. The highest BCUT2D eigenvalue weighted by Gasteiger charge is 2.19. The first-order valence-corrected chi connectivity index (χ1v) is 6.76. The van der Waals surface area contributed by atoms with Crippen LogP contribution >= 0.6 is 0 Å². The van der Waals surface area contributed by atoms with Gasteiger partial charge in [-0.15, -0.1) is 0 Å². The molecule has 0 radical (unpaired) electrons. The number of rotatable bonds is 10. The van der Waals surface area contributed by atoms with E-state index < -0.39 is 30.8 Å². The lowest BCUT2D eigenvalue weighted by molar-refractivity contribution is -0.147. The molecule has 0 aromatic rings. The molecule has 0 aromatic carbocycles. The molecule has 2 atom stereocenters. The van der Waals surface area contributed by atoms with E-state index in [9.17, 15) is 14.7 Å². The molecule has 120 valence electrons. The SMILES string of the molecule is C=C(C)C(=O)OCCCC(CC(O)CO)OC(=O)C(=C)C. The quantitative estimate of drug-likeness (QED) is 0.357. The largest absolute Gasteiger partial charge is 0.462 e. The number of aliphatic hydroxyl groups excluding tert-OH is 2. The number of hydrogen-bond acceptors (Lipinski definition) is 6. The fourth-order valence-electron chi connectivity index (χ4n) is 1.45. The van der Waals surface area contributed by atoms with E-state index in [1.807, 2.05) is 0 Å². The van der Waals surface area contributed by atoms with Crippen LogP contribution in [0.3, 0.4) is 0 Å². The fraction of sp³-hybridized carbons (Fsp3) is 0.600. The molecule has 0 fully saturated rings. The van der Waals surface area contributed by atoms with Crippen molar-refractivity contribution < 1.29 is 29.3 Å². The second-order valence-electron chi connectivity index (χ2n) is 4.94. The van der Waals surface area contributed by atoms with Gasteiger partial charge >= 0.3 is 11.9 Å². The van der Waals surface area contributed by atoms with Gasteiger partial charge in [0, 0.05) is 17.6 Å². The van der Waals surface area contributed by atoms with Gasteiger partial charge in [-0.25, -0.2) is 9.59 Å². The van der Waals surface area contributed by atoms with Crippen molar-refractivity contribution in [3.05, 3.63) is 24.3 Å². The summed E-state index contributed by atoms with van der Waals surface area (Å²) in [6.07, 6.45) is -0.555. The molecule has 0 saturated carbocycles. The van der Waals surface area contributed by atoms with E-state index in [1.165, 1.54) is 6.92 Å². The molecule has 0 amide bonds. The van der Waals surface area contributed by atoms with Gasteiger partial charge in [-0.2, -0.15) is 0 Å². The Morgan fingerprint density at radius 3 is 2.19 bits per heavy atom. The molecule has 2 unspecified atom stereocenters. The molecular weight excluding hydrogens is 276 g/mol. The molecule has 6 nitrogen and oxygen atoms in total. The summed E-state index contributed by atoms with van der Waals surface area (Å²) >= 11 is 0. The predicted octanol–water partition coefficient (Wildman–Crippen LogP) is 1.12. The highest BCUT2D eigenvalue weighted by molar-refractivity contribution is 5.87. The van der Waals surface area contributed by atoms with E-state index in [2.05, 4.69) is 13.2 Å². The lowest BCUT2D eigenvalue weighted by atomic mass is 10.1. The minimum Gasteiger partial charge on any atom is -0.462 e. The van der Waals surface area contributed by atoms with Gasteiger partial charge in [-0.3, -0.25) is 0 Å². The monoisotopic (exact) mass is 300 g/mol. The van der Waals surface area contributed by atoms with Crippen LogP contribution in [-0.2, 0) is 19.1 Å². The maximum absolute atomic E-state index is 11.5. The maximum Gasteiger partial charge on any atom is 0.333 e. The van der Waals surface area contributed by atoms with E-state index in [1.54, 1.807) is 6.92 Å². The van der Waals surface area contributed by atoms with Gasteiger partial charge in [0.05, 0.1) is 19.3 Å². The van der Waals surface area contributed by atoms with Gasteiger partial charge in [0.15, 0.2) is 0 Å². The van der Waals surface area contributed by atoms with Gasteiger partial charge < -0.3 is 19.7 Å². The van der Waals surface area contributed by atoms with Crippen LogP contribution in [-0.4, -0.2) is 47.6 Å². The zero-order valence-corrected chi connectivity index (χ0v) is 12.6. The van der Waals surface area contributed by atoms with Crippen molar-refractivity contribution in [1.82, 2.24) is 0 Å². The van der Waals surface area contributed by atoms with Gasteiger partial charge in [0.25, 0.3) is 0 Å². The third-order valence-electron chi connectivity index (χ3n) is 2.62. The Labute approximate surface area is 125 Å². The van der Waals surface area contributed by atoms with Gasteiger partial charge in [-0.1, -0.05) is 13.2 Å². The molecule has 0 rings (SSSR count). The molecule has 0 saturated heterocycles. The minimum atomic E-state index is -0.967. The molecule has 0 aliphatic heterocycles. The normalized spacial score (nSPS) is 13.1. The molecule has 6 heteroatoms. The van der Waals surface area contributed by atoms with Gasteiger partial charge in [0.1, 0.15) is 6.10 Å². The first kappa shape index (κ1) is 19.3. The zero-order valence-electron chi connectivity index (χ0n) is 12.6. The van der Waals surface area contributed by atoms with Crippen molar-refractivity contribution in [3.63, 3.8) is 0 Å². The predicted molar refractivity (Wildman–Crippen MR) is 77.4 cm³/mol. The van der Waals surface area contributed by atoms with E-state index in [0.717, 1.165) is 0 Å². The maximum atomic E-state index is 11.5. The van der Waals surface area contributed by atoms with Crippen molar-refractivity contribution in [2.45, 2.75) is 45.3 Å². The average molecular weight is 300 g/mol. The van der Waals surface area contributed by atoms with Gasteiger partial charge in [0.2, 0.25) is 0 Å². The summed E-state index contributed by atoms with van der Waals surface area (Å²) < 4.78 is 10.1. The number of ether oxygens (including phenoxy) is 2. The number of carbonyl (C=O) groups is 2. The Balaban J connectivity index is 4.27. The van der Waals surface area contributed by atoms with Crippen molar-refractivity contribution in [2.24, 2.45) is 0 Å². The van der Waals surface area contributed by atoms with Crippen molar-refractivity contribution >= 4 is 11.9 Å². The highest BCUT2D eigenvalue weighted by Crippen LogP contribution is 2.12. The lowest BCUT2D eigenvalue weighted by Crippen LogP contribution is -2.26. The van der Waals surface area contributed by atoms with Crippen LogP contribution in [0.4, 0.5) is 0 Å². The second-order valence-corrected chi connectivity index (χ2v) is 4.94. The van der Waals surface area contributed by atoms with Crippen LogP contribution in [0.1, 0.15) is 33.1 Å². The smallest absolute Gasteiger partial charge is 0.333 e. The van der Waals surface area contributed by atoms with Crippen LogP contribution in [0.5, 0.6) is 0 Å². The van der Waals surface area contributed by atoms with Crippen LogP contribution in [0, 0.1) is 0 Å². The molecule has 0 spiro atoms. The Kier molecular flexibility index (Phi) is 9.32. The van der Waals surface area contributed by atoms with Crippen LogP contribution in [0.25, 0.3) is 0 Å². The van der Waals surface area contributed by atoms with E-state index >= 15 is 0 Å². The summed E-state index contributed by atoms with van der Waals surface area (Å²) in [5.41, 5.74) is 0.572. The Morgan fingerprint density at radius 1 is 1.14 bits per heavy atom. The lowest BCUT2D eigenvalue weighted by Gasteiger charge is -2.20. The van der Waals surface area contributed by atoms with Crippen molar-refractivity contribution in [1.29, 1.82) is 0 Å². The first-order valence-electron chi connectivity index (χ1n) is 6.76. The first-order chi connectivity index (χ1) is 9.77. The summed E-state index contributed by atoms with van der Waals surface area (Å²) in [4.78, 5) is 22.7. The number of esters is 2. The van der Waals surface area contributed by atoms with Crippen molar-refractivity contribution in [2.75, 3.05) is 13.2 Å². The molecule has 0 aliphatic rings. The van der Waals surface area contributed by atoms with E-state index in [0.29, 0.717) is 18.4 Å². The Hall–Kier alpha value is -1.66. The molecule has 2 N–H and O–H groups in total. The highest BCUT2D eigenvalue weighted by atomic mass is 16.5. The minimum absolute atomic E-state index is 0.115. The zero-order chi connectivity index (χ0) is 16.4. The number of carbonyl (C=O) groups excluding carboxylic acids is 2. The number of aliphatic hydroxyl groups is 2. The Morgan fingerprint density at radius 2 is 1.71 bits per heavy atom. The van der Waals surface area contributed by atoms with Crippen LogP contribution in [0.2, 0.25) is 0 Å². The van der Waals surface area contributed by atoms with E-state index in [4.69, 9.17) is 14.6 Å². The van der Waals surface area contributed by atoms with Crippen molar-refractivity contribution in [3.8, 4) is 0 Å². The Bertz CT molecular complexity index is 388. The van der Waals surface area contributed by atoms with Gasteiger partial charge in [-0.05, 0) is 26.7 Å². The summed E-state index contributed by atoms with van der Waals surface area (Å²) in [7, 11) is 0. The summed E-state index contributed by atoms with van der Waals surface area (Å²) in [5.74, 6) is -1.02. The molecular formula is C15H24O6. The molecule has 0 bridgehead atoms. The fourth-order valence-corrected chi connectivity index (χ4v) is 1.45.